The number of furan rings is 1. The Hall–Kier alpha value is -1.11. The van der Waals surface area contributed by atoms with Gasteiger partial charge in [0, 0.05) is 0 Å². The van der Waals surface area contributed by atoms with Gasteiger partial charge in [-0.2, -0.15) is 13.2 Å². The topological polar surface area (TPSA) is 65.7 Å². The van der Waals surface area contributed by atoms with Crippen LogP contribution in [0.5, 0.6) is 0 Å². The summed E-state index contributed by atoms with van der Waals surface area (Å²) >= 11 is 0. The first kappa shape index (κ1) is 15.9. The molecule has 1 rings (SSSR count). The van der Waals surface area contributed by atoms with Crippen LogP contribution in [0.1, 0.15) is 30.2 Å². The fraction of sp³-hybridized carbons (Fsp3) is 0.500. The van der Waals surface area contributed by atoms with Gasteiger partial charge < -0.3 is 13.5 Å². The van der Waals surface area contributed by atoms with Gasteiger partial charge >= 0.3 is 19.3 Å². The van der Waals surface area contributed by atoms with Gasteiger partial charge in [0.1, 0.15) is 0 Å². The van der Waals surface area contributed by atoms with Crippen molar-refractivity contribution in [1.29, 1.82) is 0 Å². The Morgan fingerprint density at radius 1 is 1.26 bits per heavy atom. The molecule has 19 heavy (non-hydrogen) atoms. The van der Waals surface area contributed by atoms with Crippen LogP contribution in [0.2, 0.25) is 0 Å². The van der Waals surface area contributed by atoms with Crippen LogP contribution < -0.4 is 0 Å². The first-order valence-corrected chi connectivity index (χ1v) is 6.90. The minimum absolute atomic E-state index is 0.0874. The van der Waals surface area contributed by atoms with E-state index in [1.165, 1.54) is 13.8 Å². The molecule has 0 aliphatic carbocycles. The molecule has 0 N–H and O–H groups in total. The highest BCUT2D eigenvalue weighted by Crippen LogP contribution is 2.51. The average molecular weight is 300 g/mol. The monoisotopic (exact) mass is 300 g/mol. The van der Waals surface area contributed by atoms with E-state index in [1.54, 1.807) is 0 Å². The lowest BCUT2D eigenvalue weighted by atomic mass is 10.4. The molecule has 0 bridgehead atoms. The van der Waals surface area contributed by atoms with Crippen molar-refractivity contribution < 1.29 is 36.0 Å². The van der Waals surface area contributed by atoms with E-state index in [0.717, 1.165) is 6.07 Å². The quantitative estimate of drug-likeness (QED) is 0.749. The van der Waals surface area contributed by atoms with Gasteiger partial charge in [-0.05, 0) is 26.0 Å². The first-order chi connectivity index (χ1) is 8.74. The Labute approximate surface area is 107 Å². The highest BCUT2D eigenvalue weighted by atomic mass is 31.2. The van der Waals surface area contributed by atoms with Crippen molar-refractivity contribution in [2.24, 2.45) is 0 Å². The van der Waals surface area contributed by atoms with Gasteiger partial charge in [0.05, 0.1) is 13.2 Å². The molecule has 0 aromatic carbocycles. The molecule has 0 amide bonds. The van der Waals surface area contributed by atoms with E-state index in [9.17, 15) is 22.5 Å². The standard InChI is InChI=1S/C10H12F3O5P/c1-3-16-19(15,17-4-2)9(14)7-5-6-8(18-7)10(11,12)13/h5-6H,3-4H2,1-2H3. The van der Waals surface area contributed by atoms with Crippen molar-refractivity contribution in [2.75, 3.05) is 13.2 Å². The molecule has 0 aliphatic rings. The summed E-state index contributed by atoms with van der Waals surface area (Å²) in [6, 6.07) is 1.37. The predicted octanol–water partition coefficient (Wildman–Crippen LogP) is 3.70. The zero-order chi connectivity index (χ0) is 14.7. The van der Waals surface area contributed by atoms with Gasteiger partial charge in [0.15, 0.2) is 5.76 Å². The molecular weight excluding hydrogens is 288 g/mol. The lowest BCUT2D eigenvalue weighted by Crippen LogP contribution is -2.07. The zero-order valence-corrected chi connectivity index (χ0v) is 11.1. The van der Waals surface area contributed by atoms with Crippen molar-refractivity contribution in [1.82, 2.24) is 0 Å². The van der Waals surface area contributed by atoms with Crippen molar-refractivity contribution >= 4 is 13.1 Å². The van der Waals surface area contributed by atoms with Gasteiger partial charge in [-0.15, -0.1) is 0 Å². The molecule has 0 atom stereocenters. The number of halogens is 3. The second-order valence-electron chi connectivity index (χ2n) is 3.30. The third-order valence-electron chi connectivity index (χ3n) is 1.94. The van der Waals surface area contributed by atoms with Gasteiger partial charge in [0.25, 0.3) is 0 Å². The lowest BCUT2D eigenvalue weighted by Gasteiger charge is -2.13. The van der Waals surface area contributed by atoms with Crippen LogP contribution in [0.4, 0.5) is 13.2 Å². The molecule has 0 radical (unpaired) electrons. The predicted molar refractivity (Wildman–Crippen MR) is 58.9 cm³/mol. The molecular formula is C10H12F3O5P. The zero-order valence-electron chi connectivity index (χ0n) is 10.2. The van der Waals surface area contributed by atoms with E-state index in [2.05, 4.69) is 4.42 Å². The summed E-state index contributed by atoms with van der Waals surface area (Å²) < 4.78 is 62.8. The van der Waals surface area contributed by atoms with Crippen LogP contribution in [0.25, 0.3) is 0 Å². The molecule has 1 aromatic rings. The molecule has 0 fully saturated rings. The molecule has 1 heterocycles. The van der Waals surface area contributed by atoms with Gasteiger partial charge in [-0.3, -0.25) is 9.36 Å². The largest absolute Gasteiger partial charge is 0.449 e. The van der Waals surface area contributed by atoms with Crippen molar-refractivity contribution in [3.05, 3.63) is 23.7 Å². The fourth-order valence-electron chi connectivity index (χ4n) is 1.23. The second kappa shape index (κ2) is 5.90. The summed E-state index contributed by atoms with van der Waals surface area (Å²) in [6.45, 7) is 2.77. The smallest absolute Gasteiger partial charge is 0.448 e. The minimum atomic E-state index is -4.72. The molecule has 0 aliphatic heterocycles. The maximum absolute atomic E-state index is 12.3. The number of carbonyl (C=O) groups is 1. The van der Waals surface area contributed by atoms with Crippen LogP contribution in [-0.2, 0) is 19.8 Å². The summed E-state index contributed by atoms with van der Waals surface area (Å²) in [6.07, 6.45) is -4.72. The number of rotatable bonds is 6. The van der Waals surface area contributed by atoms with Crippen LogP contribution in [-0.4, -0.2) is 18.7 Å². The summed E-state index contributed by atoms with van der Waals surface area (Å²) in [5.74, 6) is -2.06. The van der Waals surface area contributed by atoms with E-state index >= 15 is 0 Å². The summed E-state index contributed by atoms with van der Waals surface area (Å²) in [5, 5.41) is 0. The lowest BCUT2D eigenvalue weighted by molar-refractivity contribution is -0.153. The van der Waals surface area contributed by atoms with Crippen molar-refractivity contribution in [3.63, 3.8) is 0 Å². The number of hydrogen-bond acceptors (Lipinski definition) is 5. The number of carbonyl (C=O) groups excluding carboxylic acids is 1. The highest BCUT2D eigenvalue weighted by molar-refractivity contribution is 7.72. The maximum Gasteiger partial charge on any atom is 0.449 e. The van der Waals surface area contributed by atoms with E-state index < -0.39 is 30.8 Å². The summed E-state index contributed by atoms with van der Waals surface area (Å²) in [7, 11) is -4.17. The van der Waals surface area contributed by atoms with Crippen molar-refractivity contribution in [2.45, 2.75) is 20.0 Å². The van der Waals surface area contributed by atoms with E-state index in [0.29, 0.717) is 6.07 Å². The van der Waals surface area contributed by atoms with Crippen LogP contribution in [0, 0.1) is 0 Å². The Balaban J connectivity index is 3.04. The maximum atomic E-state index is 12.3. The molecule has 1 aromatic heterocycles. The molecule has 0 unspecified atom stereocenters. The molecule has 0 spiro atoms. The van der Waals surface area contributed by atoms with Crippen LogP contribution >= 0.6 is 7.60 Å². The number of hydrogen-bond donors (Lipinski definition) is 0. The molecule has 108 valence electrons. The van der Waals surface area contributed by atoms with Gasteiger partial charge in [0.2, 0.25) is 5.76 Å². The average Bonchev–Trinajstić information content (AvgIpc) is 2.77. The van der Waals surface area contributed by atoms with Gasteiger partial charge in [-0.25, -0.2) is 0 Å². The molecule has 0 saturated carbocycles. The van der Waals surface area contributed by atoms with Crippen molar-refractivity contribution in [3.8, 4) is 0 Å². The number of alkyl halides is 3. The molecule has 0 saturated heterocycles. The van der Waals surface area contributed by atoms with Crippen LogP contribution in [0.3, 0.4) is 0 Å². The summed E-state index contributed by atoms with van der Waals surface area (Å²) in [5.41, 5.74) is -1.23. The van der Waals surface area contributed by atoms with E-state index in [1.807, 2.05) is 0 Å². The fourth-order valence-corrected chi connectivity index (χ4v) is 2.61. The van der Waals surface area contributed by atoms with E-state index in [-0.39, 0.29) is 13.2 Å². The third kappa shape index (κ3) is 3.68. The van der Waals surface area contributed by atoms with E-state index in [4.69, 9.17) is 9.05 Å². The first-order valence-electron chi connectivity index (χ1n) is 5.35. The highest BCUT2D eigenvalue weighted by Gasteiger charge is 2.40. The normalized spacial score (nSPS) is 12.7. The third-order valence-corrected chi connectivity index (χ3v) is 3.86. The Kier molecular flexibility index (Phi) is 4.95. The minimum Gasteiger partial charge on any atom is -0.448 e. The Bertz CT molecular complexity index is 484. The Morgan fingerprint density at radius 3 is 2.16 bits per heavy atom. The molecule has 9 heteroatoms. The summed E-state index contributed by atoms with van der Waals surface area (Å²) in [4.78, 5) is 11.8. The second-order valence-corrected chi connectivity index (χ2v) is 5.22. The van der Waals surface area contributed by atoms with Gasteiger partial charge in [-0.1, -0.05) is 0 Å². The SMILES string of the molecule is CCOP(=O)(OCC)C(=O)c1ccc(C(F)(F)F)o1. The molecule has 5 nitrogen and oxygen atoms in total. The Morgan fingerprint density at radius 2 is 1.79 bits per heavy atom. The van der Waals surface area contributed by atoms with Crippen LogP contribution in [0.15, 0.2) is 16.5 Å².